The monoisotopic (exact) mass is 483 g/mol. The third kappa shape index (κ3) is 4.87. The van der Waals surface area contributed by atoms with Gasteiger partial charge in [-0.3, -0.25) is 9.69 Å². The van der Waals surface area contributed by atoms with Crippen molar-refractivity contribution in [1.29, 1.82) is 0 Å². The minimum absolute atomic E-state index is 0.0671. The second kappa shape index (κ2) is 9.85. The molecule has 0 saturated carbocycles. The number of halogens is 1. The molecule has 4 rings (SSSR count). The number of thiazole rings is 1. The molecule has 0 N–H and O–H groups in total. The molecule has 6 nitrogen and oxygen atoms in total. The number of aromatic nitrogens is 4. The van der Waals surface area contributed by atoms with E-state index in [1.165, 1.54) is 11.3 Å². The number of carbonyl (C=O) groups excluding carboxylic acids is 1. The van der Waals surface area contributed by atoms with Gasteiger partial charge in [-0.2, -0.15) is 0 Å². The van der Waals surface area contributed by atoms with Crippen molar-refractivity contribution in [3.8, 4) is 11.4 Å². The maximum Gasteiger partial charge on any atom is 0.230 e. The first-order valence-electron chi connectivity index (χ1n) is 10.1. The van der Waals surface area contributed by atoms with Crippen LogP contribution in [0.3, 0.4) is 0 Å². The molecule has 9 heteroatoms. The van der Waals surface area contributed by atoms with Crippen molar-refractivity contribution in [3.05, 3.63) is 70.2 Å². The fourth-order valence-corrected chi connectivity index (χ4v) is 5.30. The van der Waals surface area contributed by atoms with Crippen LogP contribution in [0.4, 0.5) is 10.8 Å². The van der Waals surface area contributed by atoms with Crippen molar-refractivity contribution in [2.45, 2.75) is 38.2 Å². The Labute approximate surface area is 200 Å². The Morgan fingerprint density at radius 2 is 1.97 bits per heavy atom. The number of nitrogens with zero attached hydrogens (tertiary/aromatic N) is 5. The van der Waals surface area contributed by atoms with E-state index in [0.29, 0.717) is 15.9 Å². The summed E-state index contributed by atoms with van der Waals surface area (Å²) >= 11 is 9.05. The van der Waals surface area contributed by atoms with Gasteiger partial charge in [0, 0.05) is 35.2 Å². The summed E-state index contributed by atoms with van der Waals surface area (Å²) in [5.74, 6) is 1.38. The summed E-state index contributed by atoms with van der Waals surface area (Å²) in [6.07, 6.45) is 0. The molecule has 0 fully saturated rings. The molecule has 0 aliphatic heterocycles. The van der Waals surface area contributed by atoms with E-state index >= 15 is 0 Å². The summed E-state index contributed by atoms with van der Waals surface area (Å²) in [5, 5.41) is 12.9. The minimum Gasteiger partial charge on any atom is -0.302 e. The molecule has 4 aromatic rings. The fraction of sp³-hybridized carbons (Fsp3) is 0.217. The fourth-order valence-electron chi connectivity index (χ4n) is 3.29. The van der Waals surface area contributed by atoms with Gasteiger partial charge in [0.1, 0.15) is 0 Å². The van der Waals surface area contributed by atoms with Gasteiger partial charge < -0.3 is 4.57 Å². The Kier molecular flexibility index (Phi) is 6.93. The first-order valence-corrected chi connectivity index (χ1v) is 12.3. The molecule has 0 unspecified atom stereocenters. The zero-order chi connectivity index (χ0) is 22.7. The lowest BCUT2D eigenvalue weighted by Crippen LogP contribution is -2.22. The van der Waals surface area contributed by atoms with Gasteiger partial charge in [-0.1, -0.05) is 35.5 Å². The van der Waals surface area contributed by atoms with Crippen molar-refractivity contribution in [3.63, 3.8) is 0 Å². The first kappa shape index (κ1) is 22.5. The van der Waals surface area contributed by atoms with E-state index in [-0.39, 0.29) is 5.91 Å². The van der Waals surface area contributed by atoms with Gasteiger partial charge in [0.15, 0.2) is 16.1 Å². The van der Waals surface area contributed by atoms with Gasteiger partial charge >= 0.3 is 0 Å². The van der Waals surface area contributed by atoms with Gasteiger partial charge in [0.2, 0.25) is 5.91 Å². The molecule has 0 atom stereocenters. The molecule has 0 bridgehead atoms. The van der Waals surface area contributed by atoms with Crippen molar-refractivity contribution >= 4 is 51.4 Å². The number of thioether (sulfide) groups is 1. The predicted molar refractivity (Wildman–Crippen MR) is 132 cm³/mol. The minimum atomic E-state index is -0.0671. The molecule has 0 aliphatic carbocycles. The van der Waals surface area contributed by atoms with Gasteiger partial charge in [-0.05, 0) is 55.8 Å². The molecule has 0 saturated heterocycles. The van der Waals surface area contributed by atoms with Gasteiger partial charge in [-0.15, -0.1) is 21.5 Å². The van der Waals surface area contributed by atoms with Gasteiger partial charge in [0.25, 0.3) is 0 Å². The van der Waals surface area contributed by atoms with Crippen LogP contribution in [-0.4, -0.2) is 25.7 Å². The van der Waals surface area contributed by atoms with Crippen LogP contribution in [0.1, 0.15) is 25.1 Å². The molecule has 1 amide bonds. The Hall–Kier alpha value is -2.68. The number of amides is 1. The maximum atomic E-state index is 12.3. The average Bonchev–Trinajstić information content (AvgIpc) is 3.39. The average molecular weight is 484 g/mol. The van der Waals surface area contributed by atoms with E-state index in [9.17, 15) is 4.79 Å². The highest BCUT2D eigenvalue weighted by atomic mass is 35.5. The Bertz CT molecular complexity index is 1240. The van der Waals surface area contributed by atoms with E-state index in [1.54, 1.807) is 23.6 Å². The van der Waals surface area contributed by atoms with Crippen molar-refractivity contribution < 1.29 is 4.79 Å². The second-order valence-corrected chi connectivity index (χ2v) is 9.38. The number of hydrogen-bond acceptors (Lipinski definition) is 6. The second-order valence-electron chi connectivity index (χ2n) is 7.16. The Balaban J connectivity index is 1.52. The summed E-state index contributed by atoms with van der Waals surface area (Å²) in [4.78, 5) is 18.7. The molecular weight excluding hydrogens is 462 g/mol. The smallest absolute Gasteiger partial charge is 0.230 e. The lowest BCUT2D eigenvalue weighted by Gasteiger charge is -2.18. The van der Waals surface area contributed by atoms with Crippen molar-refractivity contribution in [2.75, 3.05) is 4.90 Å². The van der Waals surface area contributed by atoms with Crippen LogP contribution < -0.4 is 4.90 Å². The first-order chi connectivity index (χ1) is 15.5. The number of anilines is 2. The van der Waals surface area contributed by atoms with Crippen molar-refractivity contribution in [2.24, 2.45) is 0 Å². The van der Waals surface area contributed by atoms with Crippen LogP contribution in [0.15, 0.2) is 59.1 Å². The van der Waals surface area contributed by atoms with Gasteiger partial charge in [0.05, 0.1) is 11.4 Å². The molecule has 0 aliphatic rings. The van der Waals surface area contributed by atoms with Crippen molar-refractivity contribution in [1.82, 2.24) is 19.7 Å². The van der Waals surface area contributed by atoms with E-state index in [0.717, 1.165) is 40.0 Å². The summed E-state index contributed by atoms with van der Waals surface area (Å²) in [7, 11) is 0. The van der Waals surface area contributed by atoms with Crippen LogP contribution in [0.5, 0.6) is 0 Å². The lowest BCUT2D eigenvalue weighted by molar-refractivity contribution is -0.115. The molecule has 2 aromatic heterocycles. The molecule has 0 radical (unpaired) electrons. The lowest BCUT2D eigenvalue weighted by atomic mass is 10.2. The molecule has 32 heavy (non-hydrogen) atoms. The van der Waals surface area contributed by atoms with E-state index in [1.807, 2.05) is 60.8 Å². The van der Waals surface area contributed by atoms with E-state index < -0.39 is 0 Å². The molecule has 2 aromatic carbocycles. The summed E-state index contributed by atoms with van der Waals surface area (Å²) in [5.41, 5.74) is 3.79. The topological polar surface area (TPSA) is 63.9 Å². The Morgan fingerprint density at radius 1 is 1.19 bits per heavy atom. The number of rotatable bonds is 7. The third-order valence-electron chi connectivity index (χ3n) is 4.79. The SMILES string of the molecule is CCn1c(SCc2csc(N(C(C)=O)c3cccc(C)c3)n2)nnc1-c1ccc(Cl)cc1. The number of aryl methyl sites for hydroxylation is 1. The quantitative estimate of drug-likeness (QED) is 0.286. The van der Waals surface area contributed by atoms with Crippen LogP contribution in [0.25, 0.3) is 11.4 Å². The normalized spacial score (nSPS) is 11.0. The zero-order valence-electron chi connectivity index (χ0n) is 17.9. The third-order valence-corrected chi connectivity index (χ3v) is 6.92. The van der Waals surface area contributed by atoms with Crippen LogP contribution >= 0.6 is 34.7 Å². The molecule has 2 heterocycles. The highest BCUT2D eigenvalue weighted by Gasteiger charge is 2.19. The summed E-state index contributed by atoms with van der Waals surface area (Å²) in [6, 6.07) is 15.5. The van der Waals surface area contributed by atoms with E-state index in [4.69, 9.17) is 16.6 Å². The maximum absolute atomic E-state index is 12.3. The number of hydrogen-bond donors (Lipinski definition) is 0. The summed E-state index contributed by atoms with van der Waals surface area (Å²) in [6.45, 7) is 6.38. The molecular formula is C23H22ClN5OS2. The molecule has 0 spiro atoms. The predicted octanol–water partition coefficient (Wildman–Crippen LogP) is 6.36. The van der Waals surface area contributed by atoms with Crippen LogP contribution in [0, 0.1) is 6.92 Å². The largest absolute Gasteiger partial charge is 0.302 e. The highest BCUT2D eigenvalue weighted by Crippen LogP contribution is 2.32. The summed E-state index contributed by atoms with van der Waals surface area (Å²) < 4.78 is 2.08. The highest BCUT2D eigenvalue weighted by molar-refractivity contribution is 7.98. The standard InChI is InChI=1S/C23H22ClN5OS2/c1-4-28-21(17-8-10-18(24)11-9-17)26-27-23(28)32-14-19-13-31-22(25-19)29(16(3)30)20-7-5-6-15(2)12-20/h5-13H,4,14H2,1-3H3. The number of carbonyl (C=O) groups is 1. The molecule has 164 valence electrons. The van der Waals surface area contributed by atoms with Gasteiger partial charge in [-0.25, -0.2) is 4.98 Å². The zero-order valence-corrected chi connectivity index (χ0v) is 20.3. The van der Waals surface area contributed by atoms with Crippen LogP contribution in [0.2, 0.25) is 5.02 Å². The number of benzene rings is 2. The van der Waals surface area contributed by atoms with Crippen LogP contribution in [-0.2, 0) is 17.1 Å². The van der Waals surface area contributed by atoms with E-state index in [2.05, 4.69) is 21.7 Å². The Morgan fingerprint density at radius 3 is 2.66 bits per heavy atom.